The van der Waals surface area contributed by atoms with Crippen LogP contribution in [-0.2, 0) is 9.59 Å². The van der Waals surface area contributed by atoms with Gasteiger partial charge in [-0.3, -0.25) is 19.3 Å². The summed E-state index contributed by atoms with van der Waals surface area (Å²) in [5.74, 6) is -0.203. The molecule has 0 radical (unpaired) electrons. The third-order valence-corrected chi connectivity index (χ3v) is 5.10. The molecule has 7 nitrogen and oxygen atoms in total. The summed E-state index contributed by atoms with van der Waals surface area (Å²) in [6.45, 7) is 7.54. The molecule has 1 atom stereocenters. The molecule has 1 aliphatic rings. The molecule has 0 saturated heterocycles. The number of anilines is 1. The van der Waals surface area contributed by atoms with Gasteiger partial charge >= 0.3 is 0 Å². The van der Waals surface area contributed by atoms with Gasteiger partial charge in [0, 0.05) is 11.1 Å². The molecule has 1 N–H and O–H groups in total. The number of ether oxygens (including phenoxy) is 1. The fraction of sp³-hybridized carbons (Fsp3) is 0.409. The van der Waals surface area contributed by atoms with E-state index in [1.54, 1.807) is 30.3 Å². The Kier molecular flexibility index (Phi) is 5.77. The molecule has 29 heavy (non-hydrogen) atoms. The number of fused-ring (bicyclic) bond motifs is 1. The van der Waals surface area contributed by atoms with Crippen LogP contribution in [0.4, 0.5) is 5.69 Å². The summed E-state index contributed by atoms with van der Waals surface area (Å²) in [4.78, 5) is 39.6. The highest BCUT2D eigenvalue weighted by Gasteiger charge is 2.35. The van der Waals surface area contributed by atoms with Crippen LogP contribution >= 0.6 is 0 Å². The number of nitrogens with zero attached hydrogens (tertiary/aromatic N) is 1. The average molecular weight is 398 g/mol. The van der Waals surface area contributed by atoms with Crippen LogP contribution in [0.5, 0.6) is 5.75 Å². The smallest absolute Gasteiger partial charge is 0.268 e. The van der Waals surface area contributed by atoms with Crippen LogP contribution < -0.4 is 15.0 Å². The van der Waals surface area contributed by atoms with Crippen LogP contribution in [0.2, 0.25) is 0 Å². The molecule has 0 spiro atoms. The van der Waals surface area contributed by atoms with Crippen molar-refractivity contribution in [2.75, 3.05) is 11.4 Å². The lowest BCUT2D eigenvalue weighted by Crippen LogP contribution is -2.52. The molecule has 0 unspecified atom stereocenters. The van der Waals surface area contributed by atoms with E-state index in [1.165, 1.54) is 11.2 Å². The summed E-state index contributed by atoms with van der Waals surface area (Å²) >= 11 is 0. The second kappa shape index (κ2) is 8.11. The van der Waals surface area contributed by atoms with E-state index in [0.717, 1.165) is 6.42 Å². The third kappa shape index (κ3) is 4.34. The van der Waals surface area contributed by atoms with Crippen LogP contribution in [0, 0.1) is 0 Å². The van der Waals surface area contributed by atoms with Gasteiger partial charge in [-0.1, -0.05) is 13.8 Å². The van der Waals surface area contributed by atoms with Crippen LogP contribution in [0.25, 0.3) is 0 Å². The minimum absolute atomic E-state index is 0.145. The quantitative estimate of drug-likeness (QED) is 0.723. The number of ketones is 1. The number of furan rings is 1. The van der Waals surface area contributed by atoms with Gasteiger partial charge < -0.3 is 14.5 Å². The van der Waals surface area contributed by atoms with E-state index in [1.807, 2.05) is 27.7 Å². The number of rotatable bonds is 7. The van der Waals surface area contributed by atoms with Gasteiger partial charge in [0.05, 0.1) is 12.0 Å². The molecule has 7 heteroatoms. The first-order valence-corrected chi connectivity index (χ1v) is 9.77. The van der Waals surface area contributed by atoms with Crippen molar-refractivity contribution in [3.63, 3.8) is 0 Å². The van der Waals surface area contributed by atoms with Crippen molar-refractivity contribution in [3.05, 3.63) is 47.9 Å². The zero-order valence-corrected chi connectivity index (χ0v) is 17.2. The normalized spacial score (nSPS) is 16.2. The summed E-state index contributed by atoms with van der Waals surface area (Å²) in [6.07, 6.45) is 1.99. The van der Waals surface area contributed by atoms with E-state index in [4.69, 9.17) is 9.15 Å². The summed E-state index contributed by atoms with van der Waals surface area (Å²) in [5.41, 5.74) is 0.377. The first-order valence-electron chi connectivity index (χ1n) is 9.77. The van der Waals surface area contributed by atoms with Gasteiger partial charge in [0.25, 0.3) is 5.91 Å². The number of hydrogen-bond acceptors (Lipinski definition) is 5. The second-order valence-corrected chi connectivity index (χ2v) is 7.71. The molecule has 1 aliphatic heterocycles. The summed E-state index contributed by atoms with van der Waals surface area (Å²) in [5, 5.41) is 2.94. The standard InChI is InChI=1S/C22H26N2O5/c1-5-16-21(27)24(13-19(25)23-22(3,4)6-2)15-12-14(9-10-17(15)29-16)20(26)18-8-7-11-28-18/h7-12,16H,5-6,13H2,1-4H3,(H,23,25)/t16-/m0/s1. The van der Waals surface area contributed by atoms with Gasteiger partial charge in [-0.2, -0.15) is 0 Å². The zero-order chi connectivity index (χ0) is 21.2. The van der Waals surface area contributed by atoms with Gasteiger partial charge in [0.2, 0.25) is 11.7 Å². The summed E-state index contributed by atoms with van der Waals surface area (Å²) < 4.78 is 11.0. The van der Waals surface area contributed by atoms with Crippen LogP contribution in [0.1, 0.15) is 56.7 Å². The predicted molar refractivity (Wildman–Crippen MR) is 108 cm³/mol. The van der Waals surface area contributed by atoms with Crippen molar-refractivity contribution < 1.29 is 23.5 Å². The van der Waals surface area contributed by atoms with Gasteiger partial charge in [-0.25, -0.2) is 0 Å². The van der Waals surface area contributed by atoms with E-state index < -0.39 is 6.10 Å². The molecular weight excluding hydrogens is 372 g/mol. The molecule has 3 rings (SSSR count). The topological polar surface area (TPSA) is 88.8 Å². The second-order valence-electron chi connectivity index (χ2n) is 7.71. The lowest BCUT2D eigenvalue weighted by atomic mass is 10.0. The largest absolute Gasteiger partial charge is 0.478 e. The molecule has 0 fully saturated rings. The Bertz CT molecular complexity index is 917. The van der Waals surface area contributed by atoms with E-state index in [-0.39, 0.29) is 35.4 Å². The average Bonchev–Trinajstić information content (AvgIpc) is 3.23. The minimum Gasteiger partial charge on any atom is -0.478 e. The van der Waals surface area contributed by atoms with Crippen molar-refractivity contribution in [2.24, 2.45) is 0 Å². The summed E-state index contributed by atoms with van der Waals surface area (Å²) in [7, 11) is 0. The number of carbonyl (C=O) groups excluding carboxylic acids is 3. The number of hydrogen-bond donors (Lipinski definition) is 1. The molecule has 0 aliphatic carbocycles. The van der Waals surface area contributed by atoms with Crippen molar-refractivity contribution in [2.45, 2.75) is 52.2 Å². The highest BCUT2D eigenvalue weighted by atomic mass is 16.5. The van der Waals surface area contributed by atoms with Crippen LogP contribution in [0.15, 0.2) is 41.0 Å². The fourth-order valence-electron chi connectivity index (χ4n) is 3.09. The highest BCUT2D eigenvalue weighted by molar-refractivity contribution is 6.10. The van der Waals surface area contributed by atoms with Gasteiger partial charge in [-0.15, -0.1) is 0 Å². The molecule has 2 amide bonds. The predicted octanol–water partition coefficient (Wildman–Crippen LogP) is 3.32. The molecule has 1 aromatic carbocycles. The van der Waals surface area contributed by atoms with Gasteiger partial charge in [0.1, 0.15) is 12.3 Å². The lowest BCUT2D eigenvalue weighted by Gasteiger charge is -2.35. The van der Waals surface area contributed by atoms with Crippen molar-refractivity contribution >= 4 is 23.3 Å². The maximum atomic E-state index is 12.9. The van der Waals surface area contributed by atoms with Crippen LogP contribution in [-0.4, -0.2) is 35.8 Å². The van der Waals surface area contributed by atoms with Crippen LogP contribution in [0.3, 0.4) is 0 Å². The number of nitrogens with one attached hydrogen (secondary N) is 1. The first kappa shape index (κ1) is 20.6. The summed E-state index contributed by atoms with van der Waals surface area (Å²) in [6, 6.07) is 8.07. The Morgan fingerprint density at radius 1 is 1.21 bits per heavy atom. The van der Waals surface area contributed by atoms with E-state index in [9.17, 15) is 14.4 Å². The molecule has 154 valence electrons. The molecule has 2 heterocycles. The van der Waals surface area contributed by atoms with Crippen molar-refractivity contribution in [1.82, 2.24) is 5.32 Å². The Labute approximate surface area is 170 Å². The Balaban J connectivity index is 1.93. The van der Waals surface area contributed by atoms with Gasteiger partial charge in [-0.05, 0) is 57.0 Å². The zero-order valence-electron chi connectivity index (χ0n) is 17.2. The molecular formula is C22H26N2O5. The number of carbonyl (C=O) groups is 3. The lowest BCUT2D eigenvalue weighted by molar-refractivity contribution is -0.129. The molecule has 0 bridgehead atoms. The van der Waals surface area contributed by atoms with Crippen molar-refractivity contribution in [1.29, 1.82) is 0 Å². The fourth-order valence-corrected chi connectivity index (χ4v) is 3.09. The number of amides is 2. The Morgan fingerprint density at radius 3 is 2.59 bits per heavy atom. The van der Waals surface area contributed by atoms with E-state index >= 15 is 0 Å². The highest BCUT2D eigenvalue weighted by Crippen LogP contribution is 2.36. The van der Waals surface area contributed by atoms with E-state index in [0.29, 0.717) is 23.4 Å². The SMILES string of the molecule is CC[C@@H]1Oc2ccc(C(=O)c3ccco3)cc2N(CC(=O)NC(C)(C)CC)C1=O. The molecule has 1 aromatic heterocycles. The molecule has 0 saturated carbocycles. The van der Waals surface area contributed by atoms with E-state index in [2.05, 4.69) is 5.32 Å². The first-order chi connectivity index (χ1) is 13.8. The Morgan fingerprint density at radius 2 is 1.97 bits per heavy atom. The van der Waals surface area contributed by atoms with Crippen molar-refractivity contribution in [3.8, 4) is 5.75 Å². The third-order valence-electron chi connectivity index (χ3n) is 5.10. The Hall–Kier alpha value is -3.09. The maximum Gasteiger partial charge on any atom is 0.268 e. The maximum absolute atomic E-state index is 12.9. The molecule has 2 aromatic rings. The monoisotopic (exact) mass is 398 g/mol. The minimum atomic E-state index is -0.666. The van der Waals surface area contributed by atoms with Gasteiger partial charge in [0.15, 0.2) is 11.9 Å². The number of benzene rings is 1.